The van der Waals surface area contributed by atoms with Gasteiger partial charge in [-0.3, -0.25) is 4.90 Å². The van der Waals surface area contributed by atoms with Gasteiger partial charge in [-0.1, -0.05) is 0 Å². The maximum Gasteiger partial charge on any atom is 0.225 e. The van der Waals surface area contributed by atoms with E-state index < -0.39 is 0 Å². The number of rotatable bonds is 3. The van der Waals surface area contributed by atoms with E-state index in [-0.39, 0.29) is 5.82 Å². The molecule has 2 fully saturated rings. The minimum atomic E-state index is -0.161. The second kappa shape index (κ2) is 6.93. The van der Waals surface area contributed by atoms with Gasteiger partial charge in [-0.25, -0.2) is 14.4 Å². The molecule has 0 radical (unpaired) electrons. The molecule has 5 nitrogen and oxygen atoms in total. The summed E-state index contributed by atoms with van der Waals surface area (Å²) in [6, 6.07) is 7.45. The zero-order valence-electron chi connectivity index (χ0n) is 15.3. The van der Waals surface area contributed by atoms with Gasteiger partial charge in [-0.15, -0.1) is 0 Å². The number of nitrogens with one attached hydrogen (secondary N) is 1. The van der Waals surface area contributed by atoms with Crippen LogP contribution in [0, 0.1) is 11.7 Å². The first-order chi connectivity index (χ1) is 13.3. The van der Waals surface area contributed by atoms with E-state index in [1.165, 1.54) is 24.5 Å². The Bertz CT molecular complexity index is 925. The summed E-state index contributed by atoms with van der Waals surface area (Å²) in [7, 11) is 0. The Morgan fingerprint density at radius 1 is 1.11 bits per heavy atom. The first-order valence-electron chi connectivity index (χ1n) is 9.78. The quantitative estimate of drug-likeness (QED) is 0.774. The molecule has 1 N–H and O–H groups in total. The predicted molar refractivity (Wildman–Crippen MR) is 104 cm³/mol. The third kappa shape index (κ3) is 3.30. The smallest absolute Gasteiger partial charge is 0.225 e. The summed E-state index contributed by atoms with van der Waals surface area (Å²) >= 11 is 0. The van der Waals surface area contributed by atoms with Crippen molar-refractivity contribution in [2.75, 3.05) is 31.1 Å². The lowest BCUT2D eigenvalue weighted by molar-refractivity contribution is 0.0952. The van der Waals surface area contributed by atoms with Crippen LogP contribution < -0.4 is 4.90 Å². The summed E-state index contributed by atoms with van der Waals surface area (Å²) in [5.41, 5.74) is 2.26. The third-order valence-electron chi connectivity index (χ3n) is 6.08. The number of halogens is 1. The van der Waals surface area contributed by atoms with Gasteiger partial charge < -0.3 is 9.88 Å². The van der Waals surface area contributed by atoms with Crippen LogP contribution in [0.4, 0.5) is 10.3 Å². The Kier molecular flexibility index (Phi) is 4.28. The molecule has 2 aliphatic rings. The highest BCUT2D eigenvalue weighted by Gasteiger charge is 2.33. The van der Waals surface area contributed by atoms with E-state index in [0.717, 1.165) is 49.5 Å². The number of H-pyrrole nitrogens is 1. The molecule has 2 atom stereocenters. The lowest BCUT2D eigenvalue weighted by atomic mass is 9.87. The van der Waals surface area contributed by atoms with Crippen molar-refractivity contribution in [3.63, 3.8) is 0 Å². The summed E-state index contributed by atoms with van der Waals surface area (Å²) < 4.78 is 13.6. The minimum absolute atomic E-state index is 0.161. The van der Waals surface area contributed by atoms with E-state index in [4.69, 9.17) is 0 Å². The molecule has 2 aromatic heterocycles. The van der Waals surface area contributed by atoms with Crippen molar-refractivity contribution in [1.29, 1.82) is 0 Å². The van der Waals surface area contributed by atoms with Crippen molar-refractivity contribution >= 4 is 16.9 Å². The number of aromatic nitrogens is 3. The molecule has 140 valence electrons. The molecule has 1 aromatic carbocycles. The van der Waals surface area contributed by atoms with Crippen LogP contribution in [-0.4, -0.2) is 52.1 Å². The number of hydrogen-bond acceptors (Lipinski definition) is 4. The highest BCUT2D eigenvalue weighted by atomic mass is 19.1. The average Bonchev–Trinajstić information content (AvgIpc) is 3.10. The number of aromatic amines is 1. The SMILES string of the molecule is Fc1ccc2[nH]cc(CC3CCC4CN(c5ncccn5)CCN4C3)c2c1. The molecule has 0 saturated carbocycles. The summed E-state index contributed by atoms with van der Waals surface area (Å²) in [6.45, 7) is 4.17. The molecule has 2 unspecified atom stereocenters. The van der Waals surface area contributed by atoms with Crippen molar-refractivity contribution in [3.8, 4) is 0 Å². The van der Waals surface area contributed by atoms with Crippen LogP contribution in [0.5, 0.6) is 0 Å². The summed E-state index contributed by atoms with van der Waals surface area (Å²) in [5, 5.41) is 1.03. The van der Waals surface area contributed by atoms with E-state index in [9.17, 15) is 4.39 Å². The molecule has 6 heteroatoms. The molecule has 0 amide bonds. The van der Waals surface area contributed by atoms with Crippen LogP contribution in [-0.2, 0) is 6.42 Å². The fourth-order valence-electron chi connectivity index (χ4n) is 4.69. The molecular weight excluding hydrogens is 341 g/mol. The van der Waals surface area contributed by atoms with Gasteiger partial charge in [0.1, 0.15) is 5.82 Å². The standard InChI is InChI=1S/C21H24FN5/c22-17-3-5-20-19(11-17)16(12-25-20)10-15-2-4-18-14-27(9-8-26(18)13-15)21-23-6-1-7-24-21/h1,3,5-7,11-12,15,18,25H,2,4,8-10,13-14H2. The van der Waals surface area contributed by atoms with Gasteiger partial charge >= 0.3 is 0 Å². The molecule has 0 spiro atoms. The van der Waals surface area contributed by atoms with Gasteiger partial charge in [-0.2, -0.15) is 0 Å². The number of piperazine rings is 1. The second-order valence-corrected chi connectivity index (χ2v) is 7.79. The van der Waals surface area contributed by atoms with E-state index in [1.807, 2.05) is 24.5 Å². The molecule has 5 rings (SSSR count). The predicted octanol–water partition coefficient (Wildman–Crippen LogP) is 3.24. The summed E-state index contributed by atoms with van der Waals surface area (Å²) in [5.74, 6) is 1.31. The molecule has 2 aliphatic heterocycles. The van der Waals surface area contributed by atoms with Gasteiger partial charge in [0.25, 0.3) is 0 Å². The van der Waals surface area contributed by atoms with Crippen LogP contribution in [0.25, 0.3) is 10.9 Å². The largest absolute Gasteiger partial charge is 0.361 e. The minimum Gasteiger partial charge on any atom is -0.361 e. The molecule has 4 heterocycles. The fraction of sp³-hybridized carbons (Fsp3) is 0.429. The molecule has 0 bridgehead atoms. The zero-order valence-corrected chi connectivity index (χ0v) is 15.3. The topological polar surface area (TPSA) is 48.1 Å². The van der Waals surface area contributed by atoms with E-state index in [2.05, 4.69) is 30.9 Å². The van der Waals surface area contributed by atoms with E-state index in [1.54, 1.807) is 6.07 Å². The Hall–Kier alpha value is -2.47. The van der Waals surface area contributed by atoms with Crippen molar-refractivity contribution < 1.29 is 4.39 Å². The lowest BCUT2D eigenvalue weighted by Crippen LogP contribution is -2.57. The number of hydrogen-bond donors (Lipinski definition) is 1. The van der Waals surface area contributed by atoms with Gasteiger partial charge in [-0.05, 0) is 55.0 Å². The molecule has 2 saturated heterocycles. The monoisotopic (exact) mass is 365 g/mol. The average molecular weight is 365 g/mol. The Morgan fingerprint density at radius 3 is 2.89 bits per heavy atom. The van der Waals surface area contributed by atoms with Crippen molar-refractivity contribution in [2.45, 2.75) is 25.3 Å². The first kappa shape index (κ1) is 16.7. The number of benzene rings is 1. The van der Waals surface area contributed by atoms with Crippen LogP contribution in [0.15, 0.2) is 42.9 Å². The number of fused-ring (bicyclic) bond motifs is 2. The Morgan fingerprint density at radius 2 is 2.00 bits per heavy atom. The number of nitrogens with zero attached hydrogens (tertiary/aromatic N) is 4. The molecule has 0 aliphatic carbocycles. The molecule has 27 heavy (non-hydrogen) atoms. The van der Waals surface area contributed by atoms with Crippen LogP contribution >= 0.6 is 0 Å². The zero-order chi connectivity index (χ0) is 18.2. The first-order valence-corrected chi connectivity index (χ1v) is 9.78. The van der Waals surface area contributed by atoms with Crippen LogP contribution in [0.3, 0.4) is 0 Å². The van der Waals surface area contributed by atoms with Gasteiger partial charge in [0, 0.05) is 61.7 Å². The fourth-order valence-corrected chi connectivity index (χ4v) is 4.69. The van der Waals surface area contributed by atoms with E-state index in [0.29, 0.717) is 12.0 Å². The maximum atomic E-state index is 13.6. The number of anilines is 1. The Balaban J connectivity index is 1.25. The summed E-state index contributed by atoms with van der Waals surface area (Å²) in [6.07, 6.45) is 9.11. The third-order valence-corrected chi connectivity index (χ3v) is 6.08. The summed E-state index contributed by atoms with van der Waals surface area (Å²) in [4.78, 5) is 17.0. The Labute approximate surface area is 158 Å². The highest BCUT2D eigenvalue weighted by molar-refractivity contribution is 5.83. The van der Waals surface area contributed by atoms with Crippen LogP contribution in [0.1, 0.15) is 18.4 Å². The second-order valence-electron chi connectivity index (χ2n) is 7.79. The highest BCUT2D eigenvalue weighted by Crippen LogP contribution is 2.30. The van der Waals surface area contributed by atoms with Crippen LogP contribution in [0.2, 0.25) is 0 Å². The van der Waals surface area contributed by atoms with Gasteiger partial charge in [0.05, 0.1) is 0 Å². The molecule has 3 aromatic rings. The van der Waals surface area contributed by atoms with Gasteiger partial charge in [0.2, 0.25) is 5.95 Å². The molecular formula is C21H24FN5. The van der Waals surface area contributed by atoms with Gasteiger partial charge in [0.15, 0.2) is 0 Å². The maximum absolute atomic E-state index is 13.6. The van der Waals surface area contributed by atoms with Crippen molar-refractivity contribution in [1.82, 2.24) is 19.9 Å². The van der Waals surface area contributed by atoms with Crippen molar-refractivity contribution in [2.24, 2.45) is 5.92 Å². The van der Waals surface area contributed by atoms with Crippen molar-refractivity contribution in [3.05, 3.63) is 54.2 Å². The van der Waals surface area contributed by atoms with E-state index >= 15 is 0 Å². The lowest BCUT2D eigenvalue weighted by Gasteiger charge is -2.46. The number of piperidine rings is 1. The normalized spacial score (nSPS) is 23.5.